The van der Waals surface area contributed by atoms with E-state index >= 15 is 0 Å². The number of nitrogens with zero attached hydrogens (tertiary/aromatic N) is 2. The van der Waals surface area contributed by atoms with Gasteiger partial charge in [-0.1, -0.05) is 42.5 Å². The molecule has 30 heavy (non-hydrogen) atoms. The molecule has 1 aliphatic heterocycles. The van der Waals surface area contributed by atoms with Crippen LogP contribution in [0.3, 0.4) is 0 Å². The lowest BCUT2D eigenvalue weighted by molar-refractivity contribution is 0.167. The third-order valence-electron chi connectivity index (χ3n) is 5.44. The summed E-state index contributed by atoms with van der Waals surface area (Å²) in [7, 11) is -5.43. The van der Waals surface area contributed by atoms with E-state index in [9.17, 15) is 21.9 Å². The van der Waals surface area contributed by atoms with Gasteiger partial charge in [-0.25, -0.2) is 16.8 Å². The van der Waals surface area contributed by atoms with Crippen molar-refractivity contribution in [2.24, 2.45) is 0 Å². The van der Waals surface area contributed by atoms with Gasteiger partial charge in [0, 0.05) is 32.9 Å². The molecule has 3 rings (SSSR count). The number of sulfone groups is 1. The van der Waals surface area contributed by atoms with Crippen LogP contribution in [0.2, 0.25) is 0 Å². The number of hydrogen-bond donors (Lipinski definition) is 1. The highest BCUT2D eigenvalue weighted by atomic mass is 32.2. The molecule has 164 valence electrons. The van der Waals surface area contributed by atoms with Crippen molar-refractivity contribution in [3.05, 3.63) is 65.7 Å². The quantitative estimate of drug-likeness (QED) is 0.655. The van der Waals surface area contributed by atoms with Gasteiger partial charge < -0.3 is 5.11 Å². The van der Waals surface area contributed by atoms with Gasteiger partial charge in [0.25, 0.3) is 0 Å². The van der Waals surface area contributed by atoms with Gasteiger partial charge in [0.05, 0.1) is 22.8 Å². The second-order valence-electron chi connectivity index (χ2n) is 7.82. The Hall–Kier alpha value is -1.78. The first-order valence-electron chi connectivity index (χ1n) is 9.76. The Labute approximate surface area is 178 Å². The molecule has 9 heteroatoms. The van der Waals surface area contributed by atoms with Crippen molar-refractivity contribution in [2.75, 3.05) is 32.9 Å². The zero-order valence-electron chi connectivity index (χ0n) is 17.2. The summed E-state index contributed by atoms with van der Waals surface area (Å²) in [6.07, 6.45) is 1.42. The third-order valence-corrected chi connectivity index (χ3v) is 8.40. The van der Waals surface area contributed by atoms with Gasteiger partial charge in [-0.05, 0) is 29.7 Å². The molecule has 0 aliphatic carbocycles. The molecule has 1 heterocycles. The van der Waals surface area contributed by atoms with Crippen molar-refractivity contribution in [2.45, 2.75) is 29.2 Å². The van der Waals surface area contributed by atoms with Crippen molar-refractivity contribution in [1.29, 1.82) is 0 Å². The smallest absolute Gasteiger partial charge is 0.218 e. The molecule has 2 atom stereocenters. The van der Waals surface area contributed by atoms with Crippen LogP contribution in [0.1, 0.15) is 23.6 Å². The molecule has 0 radical (unpaired) electrons. The minimum absolute atomic E-state index is 0.159. The lowest BCUT2D eigenvalue weighted by Crippen LogP contribution is -2.39. The molecular formula is C21H28N2O5S2. The predicted molar refractivity (Wildman–Crippen MR) is 116 cm³/mol. The van der Waals surface area contributed by atoms with Crippen LogP contribution >= 0.6 is 0 Å². The summed E-state index contributed by atoms with van der Waals surface area (Å²) in [4.78, 5) is 2.24. The van der Waals surface area contributed by atoms with E-state index in [-0.39, 0.29) is 16.8 Å². The van der Waals surface area contributed by atoms with Crippen LogP contribution in [-0.2, 0) is 25.6 Å². The zero-order valence-corrected chi connectivity index (χ0v) is 18.8. The Morgan fingerprint density at radius 1 is 1.07 bits per heavy atom. The van der Waals surface area contributed by atoms with E-state index in [1.54, 1.807) is 7.05 Å². The van der Waals surface area contributed by atoms with Crippen LogP contribution in [0.4, 0.5) is 0 Å². The van der Waals surface area contributed by atoms with E-state index in [0.717, 1.165) is 18.4 Å². The number of benzene rings is 2. The summed E-state index contributed by atoms with van der Waals surface area (Å²) in [5, 5.41) is 9.84. The molecule has 1 fully saturated rings. The Balaban J connectivity index is 1.82. The topological polar surface area (TPSA) is 95.0 Å². The molecule has 7 nitrogen and oxygen atoms in total. The first-order chi connectivity index (χ1) is 14.1. The summed E-state index contributed by atoms with van der Waals surface area (Å²) >= 11 is 0. The fraction of sp³-hybridized carbons (Fsp3) is 0.429. The highest BCUT2D eigenvalue weighted by Gasteiger charge is 2.31. The largest absolute Gasteiger partial charge is 0.392 e. The maximum absolute atomic E-state index is 13.2. The van der Waals surface area contributed by atoms with E-state index in [2.05, 4.69) is 4.90 Å². The fourth-order valence-electron chi connectivity index (χ4n) is 3.67. The second kappa shape index (κ2) is 9.15. The maximum Gasteiger partial charge on any atom is 0.218 e. The number of rotatable bonds is 8. The molecule has 0 unspecified atom stereocenters. The minimum atomic E-state index is -3.67. The van der Waals surface area contributed by atoms with Gasteiger partial charge in [0.1, 0.15) is 0 Å². The average molecular weight is 453 g/mol. The zero-order chi connectivity index (χ0) is 21.9. The Morgan fingerprint density at radius 2 is 1.70 bits per heavy atom. The van der Waals surface area contributed by atoms with Crippen molar-refractivity contribution in [3.63, 3.8) is 0 Å². The van der Waals surface area contributed by atoms with Crippen LogP contribution in [0.15, 0.2) is 59.5 Å². The summed E-state index contributed by atoms with van der Waals surface area (Å²) in [6, 6.07) is 15.0. The molecule has 1 aliphatic rings. The predicted octanol–water partition coefficient (Wildman–Crippen LogP) is 1.66. The van der Waals surface area contributed by atoms with Crippen LogP contribution < -0.4 is 0 Å². The standard InChI is InChI=1S/C21H28N2O5S2/c1-22(30(27,28)16-17-8-10-20(11-9-17)29(2,25)26)21(18-6-4-3-5-7-18)15-23-13-12-19(24)14-23/h3-11,19,21,24H,12-16H2,1-2H3/t19-,21+/m0/s1. The van der Waals surface area contributed by atoms with Crippen molar-refractivity contribution in [1.82, 2.24) is 9.21 Å². The van der Waals surface area contributed by atoms with Crippen molar-refractivity contribution < 1.29 is 21.9 Å². The van der Waals surface area contributed by atoms with Crippen LogP contribution in [0.5, 0.6) is 0 Å². The number of hydrogen-bond acceptors (Lipinski definition) is 6. The third kappa shape index (κ3) is 5.67. The lowest BCUT2D eigenvalue weighted by atomic mass is 10.1. The average Bonchev–Trinajstić information content (AvgIpc) is 3.10. The summed E-state index contributed by atoms with van der Waals surface area (Å²) in [5.41, 5.74) is 1.41. The lowest BCUT2D eigenvalue weighted by Gasteiger charge is -2.31. The minimum Gasteiger partial charge on any atom is -0.392 e. The normalized spacial score (nSPS) is 19.3. The van der Waals surface area contributed by atoms with Gasteiger partial charge >= 0.3 is 0 Å². The molecule has 0 bridgehead atoms. The molecule has 0 saturated carbocycles. The molecule has 1 saturated heterocycles. The first kappa shape index (κ1) is 22.9. The number of sulfonamides is 1. The van der Waals surface area contributed by atoms with Gasteiger partial charge in [0.2, 0.25) is 10.0 Å². The molecule has 0 spiro atoms. The summed E-state index contributed by atoms with van der Waals surface area (Å²) < 4.78 is 51.0. The summed E-state index contributed by atoms with van der Waals surface area (Å²) in [6.45, 7) is 1.75. The summed E-state index contributed by atoms with van der Waals surface area (Å²) in [5.74, 6) is -0.223. The molecule has 2 aromatic carbocycles. The SMILES string of the molecule is CN([C@H](CN1CC[C@H](O)C1)c1ccccc1)S(=O)(=O)Cc1ccc(S(C)(=O)=O)cc1. The number of aliphatic hydroxyl groups excluding tert-OH is 1. The number of aliphatic hydroxyl groups is 1. The molecular weight excluding hydrogens is 424 g/mol. The molecule has 0 aromatic heterocycles. The first-order valence-corrected chi connectivity index (χ1v) is 13.3. The van der Waals surface area contributed by atoms with Crippen molar-refractivity contribution >= 4 is 19.9 Å². The molecule has 0 amide bonds. The van der Waals surface area contributed by atoms with E-state index < -0.39 is 25.9 Å². The van der Waals surface area contributed by atoms with E-state index in [0.29, 0.717) is 25.1 Å². The maximum atomic E-state index is 13.2. The molecule has 2 aromatic rings. The van der Waals surface area contributed by atoms with E-state index in [4.69, 9.17) is 0 Å². The fourth-order valence-corrected chi connectivity index (χ4v) is 5.69. The highest BCUT2D eigenvalue weighted by molar-refractivity contribution is 7.90. The van der Waals surface area contributed by atoms with Gasteiger partial charge in [-0.15, -0.1) is 0 Å². The van der Waals surface area contributed by atoms with Crippen LogP contribution in [-0.4, -0.2) is 70.2 Å². The van der Waals surface area contributed by atoms with Gasteiger partial charge in [-0.3, -0.25) is 4.90 Å². The Bertz CT molecular complexity index is 1050. The second-order valence-corrected chi connectivity index (χ2v) is 11.9. The number of likely N-dealkylation sites (N-methyl/N-ethyl adjacent to an activating group) is 1. The van der Waals surface area contributed by atoms with E-state index in [1.165, 1.54) is 28.6 Å². The number of likely N-dealkylation sites (tertiary alicyclic amines) is 1. The number of β-amino-alcohol motifs (C(OH)–C–C–N with tert-alkyl or cyclic N) is 1. The Morgan fingerprint density at radius 3 is 2.23 bits per heavy atom. The van der Waals surface area contributed by atoms with Crippen molar-refractivity contribution in [3.8, 4) is 0 Å². The van der Waals surface area contributed by atoms with Crippen LogP contribution in [0, 0.1) is 0 Å². The van der Waals surface area contributed by atoms with Gasteiger partial charge in [0.15, 0.2) is 9.84 Å². The monoisotopic (exact) mass is 452 g/mol. The highest BCUT2D eigenvalue weighted by Crippen LogP contribution is 2.27. The van der Waals surface area contributed by atoms with Crippen LogP contribution in [0.25, 0.3) is 0 Å². The molecule has 1 N–H and O–H groups in total. The Kier molecular flexibility index (Phi) is 6.98. The van der Waals surface area contributed by atoms with Gasteiger partial charge in [-0.2, -0.15) is 4.31 Å². The van der Waals surface area contributed by atoms with E-state index in [1.807, 2.05) is 30.3 Å².